The van der Waals surface area contributed by atoms with Gasteiger partial charge in [-0.2, -0.15) is 0 Å². The summed E-state index contributed by atoms with van der Waals surface area (Å²) in [5.41, 5.74) is 5.88. The molecule has 100 valence electrons. The summed E-state index contributed by atoms with van der Waals surface area (Å²) >= 11 is 0. The van der Waals surface area contributed by atoms with Crippen LogP contribution in [0.1, 0.15) is 39.0 Å². The maximum Gasteiger partial charge on any atom is 0.152 e. The summed E-state index contributed by atoms with van der Waals surface area (Å²) in [4.78, 5) is 0. The van der Waals surface area contributed by atoms with Gasteiger partial charge in [0.05, 0.1) is 11.5 Å². The highest BCUT2D eigenvalue weighted by atomic mass is 32.2. The van der Waals surface area contributed by atoms with E-state index in [2.05, 4.69) is 5.32 Å². The van der Waals surface area contributed by atoms with Gasteiger partial charge in [-0.3, -0.25) is 0 Å². The molecule has 3 N–H and O–H groups in total. The molecule has 1 heterocycles. The van der Waals surface area contributed by atoms with Crippen LogP contribution in [0.4, 0.5) is 0 Å². The van der Waals surface area contributed by atoms with Crippen LogP contribution in [0.3, 0.4) is 0 Å². The predicted octanol–water partition coefficient (Wildman–Crippen LogP) is 0.671. The number of rotatable bonds is 3. The van der Waals surface area contributed by atoms with Crippen LogP contribution in [0.25, 0.3) is 0 Å². The lowest BCUT2D eigenvalue weighted by molar-refractivity contribution is 0.266. The van der Waals surface area contributed by atoms with Crippen molar-refractivity contribution in [2.24, 2.45) is 11.7 Å². The Bertz CT molecular complexity index is 369. The molecule has 0 aromatic rings. The number of nitrogens with two attached hydrogens (primary N) is 1. The molecule has 0 bridgehead atoms. The minimum absolute atomic E-state index is 0.226. The molecule has 0 amide bonds. The second-order valence-corrected chi connectivity index (χ2v) is 8.18. The molecule has 1 aliphatic carbocycles. The van der Waals surface area contributed by atoms with Gasteiger partial charge in [-0.25, -0.2) is 8.42 Å². The van der Waals surface area contributed by atoms with Crippen molar-refractivity contribution < 1.29 is 8.42 Å². The van der Waals surface area contributed by atoms with Crippen LogP contribution in [-0.4, -0.2) is 38.0 Å². The minimum atomic E-state index is -2.81. The number of hydrogen-bond donors (Lipinski definition) is 2. The van der Waals surface area contributed by atoms with Gasteiger partial charge in [-0.15, -0.1) is 0 Å². The van der Waals surface area contributed by atoms with E-state index in [1.165, 1.54) is 19.3 Å². The molecule has 0 radical (unpaired) electrons. The fourth-order valence-electron chi connectivity index (χ4n) is 3.02. The Hall–Kier alpha value is -0.130. The summed E-state index contributed by atoms with van der Waals surface area (Å²) in [5.74, 6) is 1.12. The van der Waals surface area contributed by atoms with Crippen molar-refractivity contribution in [1.29, 1.82) is 0 Å². The van der Waals surface area contributed by atoms with Crippen LogP contribution < -0.4 is 11.1 Å². The quantitative estimate of drug-likeness (QED) is 0.782. The smallest absolute Gasteiger partial charge is 0.152 e. The molecule has 17 heavy (non-hydrogen) atoms. The summed E-state index contributed by atoms with van der Waals surface area (Å²) in [6, 6.07) is 0.290. The van der Waals surface area contributed by atoms with Gasteiger partial charge in [-0.05, 0) is 38.6 Å². The molecule has 1 saturated carbocycles. The third-order valence-electron chi connectivity index (χ3n) is 4.26. The van der Waals surface area contributed by atoms with Gasteiger partial charge in [0.2, 0.25) is 0 Å². The van der Waals surface area contributed by atoms with Gasteiger partial charge in [0.25, 0.3) is 0 Å². The summed E-state index contributed by atoms with van der Waals surface area (Å²) in [6.45, 7) is 2.89. The second kappa shape index (κ2) is 4.86. The largest absolute Gasteiger partial charge is 0.327 e. The Labute approximate surface area is 104 Å². The number of nitrogens with one attached hydrogen (secondary N) is 1. The van der Waals surface area contributed by atoms with Crippen LogP contribution in [0.15, 0.2) is 0 Å². The van der Waals surface area contributed by atoms with Crippen molar-refractivity contribution in [3.63, 3.8) is 0 Å². The first-order valence-electron chi connectivity index (χ1n) is 6.61. The van der Waals surface area contributed by atoms with Crippen molar-refractivity contribution >= 4 is 9.84 Å². The van der Waals surface area contributed by atoms with Crippen molar-refractivity contribution in [1.82, 2.24) is 5.32 Å². The Morgan fingerprint density at radius 3 is 2.65 bits per heavy atom. The van der Waals surface area contributed by atoms with E-state index in [9.17, 15) is 8.42 Å². The highest BCUT2D eigenvalue weighted by molar-refractivity contribution is 7.91. The van der Waals surface area contributed by atoms with Gasteiger partial charge < -0.3 is 11.1 Å². The van der Waals surface area contributed by atoms with Crippen molar-refractivity contribution in [3.8, 4) is 0 Å². The third-order valence-corrected chi connectivity index (χ3v) is 6.17. The lowest BCUT2D eigenvalue weighted by Crippen LogP contribution is -2.49. The summed E-state index contributed by atoms with van der Waals surface area (Å²) < 4.78 is 23.0. The Morgan fingerprint density at radius 1 is 1.35 bits per heavy atom. The molecule has 3 atom stereocenters. The highest BCUT2D eigenvalue weighted by Gasteiger charge is 2.38. The first-order chi connectivity index (χ1) is 7.90. The van der Waals surface area contributed by atoms with E-state index in [1.54, 1.807) is 0 Å². The maximum absolute atomic E-state index is 11.5. The van der Waals surface area contributed by atoms with E-state index in [1.807, 2.05) is 6.92 Å². The minimum Gasteiger partial charge on any atom is -0.327 e. The Kier molecular flexibility index (Phi) is 3.80. The molecular weight excluding hydrogens is 236 g/mol. The molecule has 0 aromatic carbocycles. The molecule has 2 fully saturated rings. The zero-order chi connectivity index (χ0) is 12.5. The Morgan fingerprint density at radius 2 is 2.06 bits per heavy atom. The van der Waals surface area contributed by atoms with E-state index in [0.717, 1.165) is 19.4 Å². The summed E-state index contributed by atoms with van der Waals surface area (Å²) in [7, 11) is -2.81. The van der Waals surface area contributed by atoms with Crippen LogP contribution in [0.2, 0.25) is 0 Å². The fraction of sp³-hybridized carbons (Fsp3) is 1.00. The predicted molar refractivity (Wildman–Crippen MR) is 69.6 cm³/mol. The monoisotopic (exact) mass is 260 g/mol. The standard InChI is InChI=1S/C12H24N2O2S/c1-12(6-7-17(15,16)9-12)14-8-10-4-2-3-5-11(10)13/h10-11,14H,2-9,13H2,1H3. The lowest BCUT2D eigenvalue weighted by Gasteiger charge is -2.32. The van der Waals surface area contributed by atoms with E-state index in [0.29, 0.717) is 11.7 Å². The van der Waals surface area contributed by atoms with Crippen LogP contribution in [-0.2, 0) is 9.84 Å². The summed E-state index contributed by atoms with van der Waals surface area (Å²) in [6.07, 6.45) is 5.52. The maximum atomic E-state index is 11.5. The van der Waals surface area contributed by atoms with Crippen LogP contribution in [0, 0.1) is 5.92 Å². The average Bonchev–Trinajstić information content (AvgIpc) is 2.53. The van der Waals surface area contributed by atoms with E-state index in [-0.39, 0.29) is 17.3 Å². The van der Waals surface area contributed by atoms with E-state index >= 15 is 0 Å². The van der Waals surface area contributed by atoms with Crippen molar-refractivity contribution in [2.45, 2.75) is 50.6 Å². The SMILES string of the molecule is CC1(NCC2CCCCC2N)CCS(=O)(=O)C1. The lowest BCUT2D eigenvalue weighted by atomic mass is 9.84. The van der Waals surface area contributed by atoms with Gasteiger partial charge >= 0.3 is 0 Å². The first-order valence-corrected chi connectivity index (χ1v) is 8.43. The van der Waals surface area contributed by atoms with Gasteiger partial charge in [-0.1, -0.05) is 12.8 Å². The van der Waals surface area contributed by atoms with Crippen LogP contribution in [0.5, 0.6) is 0 Å². The molecule has 1 aliphatic heterocycles. The molecule has 4 nitrogen and oxygen atoms in total. The van der Waals surface area contributed by atoms with Crippen LogP contribution >= 0.6 is 0 Å². The number of hydrogen-bond acceptors (Lipinski definition) is 4. The molecule has 5 heteroatoms. The zero-order valence-corrected chi connectivity index (χ0v) is 11.4. The third kappa shape index (κ3) is 3.42. The van der Waals surface area contributed by atoms with E-state index in [4.69, 9.17) is 5.73 Å². The highest BCUT2D eigenvalue weighted by Crippen LogP contribution is 2.26. The molecule has 0 aromatic heterocycles. The zero-order valence-electron chi connectivity index (χ0n) is 10.6. The van der Waals surface area contributed by atoms with Gasteiger partial charge in [0, 0.05) is 11.6 Å². The average molecular weight is 260 g/mol. The summed E-state index contributed by atoms with van der Waals surface area (Å²) in [5, 5.41) is 3.45. The van der Waals surface area contributed by atoms with Gasteiger partial charge in [0.1, 0.15) is 0 Å². The second-order valence-electron chi connectivity index (χ2n) is 5.99. The fourth-order valence-corrected chi connectivity index (χ4v) is 5.14. The first kappa shape index (κ1) is 13.3. The van der Waals surface area contributed by atoms with Gasteiger partial charge in [0.15, 0.2) is 9.84 Å². The molecule has 3 unspecified atom stereocenters. The molecule has 2 rings (SSSR count). The molecule has 0 spiro atoms. The topological polar surface area (TPSA) is 72.2 Å². The number of sulfone groups is 1. The van der Waals surface area contributed by atoms with Crippen molar-refractivity contribution in [3.05, 3.63) is 0 Å². The Balaban J connectivity index is 1.85. The molecule has 1 saturated heterocycles. The van der Waals surface area contributed by atoms with Crippen molar-refractivity contribution in [2.75, 3.05) is 18.1 Å². The molecular formula is C12H24N2O2S. The normalized spacial score (nSPS) is 41.5. The van der Waals surface area contributed by atoms with E-state index < -0.39 is 9.84 Å². The molecule has 2 aliphatic rings.